The number of nitrogens with zero attached hydrogens (tertiary/aromatic N) is 4. The molecule has 6 nitrogen and oxygen atoms in total. The molecule has 5 rings (SSSR count). The maximum absolute atomic E-state index is 4.90. The van der Waals surface area contributed by atoms with Crippen LogP contribution in [0.1, 0.15) is 30.1 Å². The van der Waals surface area contributed by atoms with Crippen molar-refractivity contribution in [3.8, 4) is 0 Å². The Labute approximate surface area is 145 Å². The van der Waals surface area contributed by atoms with Gasteiger partial charge in [0, 0.05) is 25.2 Å². The minimum atomic E-state index is 0.393. The van der Waals surface area contributed by atoms with Gasteiger partial charge in [0.1, 0.15) is 23.6 Å². The van der Waals surface area contributed by atoms with Crippen molar-refractivity contribution in [2.24, 2.45) is 0 Å². The van der Waals surface area contributed by atoms with E-state index in [1.165, 1.54) is 5.56 Å². The highest BCUT2D eigenvalue weighted by Crippen LogP contribution is 2.31. The molecule has 0 radical (unpaired) electrons. The number of aryl methyl sites for hydroxylation is 1. The Morgan fingerprint density at radius 2 is 2.16 bits per heavy atom. The number of piperidine rings is 1. The average molecular weight is 332 g/mol. The van der Waals surface area contributed by atoms with E-state index in [-0.39, 0.29) is 0 Å². The Kier molecular flexibility index (Phi) is 3.23. The molecule has 0 aliphatic carbocycles. The van der Waals surface area contributed by atoms with Crippen LogP contribution >= 0.6 is 0 Å². The fourth-order valence-corrected chi connectivity index (χ4v) is 3.89. The topological polar surface area (TPSA) is 73.5 Å². The van der Waals surface area contributed by atoms with Crippen molar-refractivity contribution >= 4 is 27.9 Å². The molecule has 0 amide bonds. The average Bonchev–Trinajstić information content (AvgIpc) is 3.29. The fraction of sp³-hybridized carbons (Fsp3) is 0.316. The van der Waals surface area contributed by atoms with Crippen LogP contribution in [0.15, 0.2) is 36.8 Å². The zero-order valence-corrected chi connectivity index (χ0v) is 14.2. The molecule has 0 bridgehead atoms. The Balaban J connectivity index is 1.49. The summed E-state index contributed by atoms with van der Waals surface area (Å²) in [5.74, 6) is 2.50. The second kappa shape index (κ2) is 5.58. The zero-order chi connectivity index (χ0) is 16.8. The first-order valence-electron chi connectivity index (χ1n) is 8.78. The number of fused-ring (bicyclic) bond motifs is 2. The van der Waals surface area contributed by atoms with Crippen molar-refractivity contribution < 1.29 is 0 Å². The molecule has 1 aromatic carbocycles. The zero-order valence-electron chi connectivity index (χ0n) is 14.2. The highest BCUT2D eigenvalue weighted by molar-refractivity contribution is 5.87. The monoisotopic (exact) mass is 332 g/mol. The molecule has 2 N–H and O–H groups in total. The quantitative estimate of drug-likeness (QED) is 0.589. The van der Waals surface area contributed by atoms with Crippen molar-refractivity contribution in [1.82, 2.24) is 24.9 Å². The highest BCUT2D eigenvalue weighted by atomic mass is 15.2. The molecule has 126 valence electrons. The summed E-state index contributed by atoms with van der Waals surface area (Å²) in [6.07, 6.45) is 5.85. The molecular formula is C19H20N6. The lowest BCUT2D eigenvalue weighted by Crippen LogP contribution is -2.35. The molecule has 4 aromatic rings. The Morgan fingerprint density at radius 1 is 1.20 bits per heavy atom. The summed E-state index contributed by atoms with van der Waals surface area (Å²) in [5, 5.41) is 1.09. The van der Waals surface area contributed by atoms with Gasteiger partial charge in [-0.15, -0.1) is 0 Å². The molecule has 1 atom stereocenters. The van der Waals surface area contributed by atoms with Gasteiger partial charge >= 0.3 is 0 Å². The van der Waals surface area contributed by atoms with E-state index in [1.807, 2.05) is 6.20 Å². The third-order valence-electron chi connectivity index (χ3n) is 5.17. The van der Waals surface area contributed by atoms with E-state index in [2.05, 4.69) is 56.0 Å². The summed E-state index contributed by atoms with van der Waals surface area (Å²) in [6, 6.07) is 8.35. The number of aromatic amines is 2. The van der Waals surface area contributed by atoms with E-state index < -0.39 is 0 Å². The smallest absolute Gasteiger partial charge is 0.142 e. The van der Waals surface area contributed by atoms with Crippen LogP contribution in [0.2, 0.25) is 0 Å². The summed E-state index contributed by atoms with van der Waals surface area (Å²) in [7, 11) is 0. The van der Waals surface area contributed by atoms with Crippen LogP contribution in [0.5, 0.6) is 0 Å². The molecule has 1 aliphatic rings. The van der Waals surface area contributed by atoms with Crippen LogP contribution in [0.25, 0.3) is 22.1 Å². The Bertz CT molecular complexity index is 1050. The predicted molar refractivity (Wildman–Crippen MR) is 98.9 cm³/mol. The second-order valence-electron chi connectivity index (χ2n) is 6.82. The molecule has 3 aromatic heterocycles. The summed E-state index contributed by atoms with van der Waals surface area (Å²) in [6.45, 7) is 4.06. The minimum Gasteiger partial charge on any atom is -0.355 e. The number of rotatable bonds is 2. The van der Waals surface area contributed by atoms with Crippen molar-refractivity contribution in [2.75, 3.05) is 18.0 Å². The molecule has 6 heteroatoms. The van der Waals surface area contributed by atoms with E-state index in [4.69, 9.17) is 4.98 Å². The summed E-state index contributed by atoms with van der Waals surface area (Å²) in [4.78, 5) is 22.8. The Hall–Kier alpha value is -2.89. The third kappa shape index (κ3) is 2.36. The van der Waals surface area contributed by atoms with Gasteiger partial charge in [-0.1, -0.05) is 12.1 Å². The van der Waals surface area contributed by atoms with Crippen molar-refractivity contribution in [1.29, 1.82) is 0 Å². The molecule has 1 unspecified atom stereocenters. The van der Waals surface area contributed by atoms with E-state index in [0.717, 1.165) is 59.6 Å². The highest BCUT2D eigenvalue weighted by Gasteiger charge is 2.26. The molecule has 0 saturated carbocycles. The lowest BCUT2D eigenvalue weighted by atomic mass is 9.97. The van der Waals surface area contributed by atoms with Crippen LogP contribution in [0.3, 0.4) is 0 Å². The van der Waals surface area contributed by atoms with Crippen molar-refractivity contribution in [3.05, 3.63) is 48.2 Å². The van der Waals surface area contributed by atoms with Gasteiger partial charge in [-0.3, -0.25) is 0 Å². The van der Waals surface area contributed by atoms with Gasteiger partial charge in [0.05, 0.1) is 16.4 Å². The molecule has 0 spiro atoms. The van der Waals surface area contributed by atoms with Gasteiger partial charge in [0.2, 0.25) is 0 Å². The first-order chi connectivity index (χ1) is 12.3. The van der Waals surface area contributed by atoms with E-state index in [9.17, 15) is 0 Å². The van der Waals surface area contributed by atoms with Gasteiger partial charge < -0.3 is 14.9 Å². The van der Waals surface area contributed by atoms with Gasteiger partial charge in [-0.2, -0.15) is 0 Å². The minimum absolute atomic E-state index is 0.393. The van der Waals surface area contributed by atoms with E-state index >= 15 is 0 Å². The van der Waals surface area contributed by atoms with E-state index in [0.29, 0.717) is 5.92 Å². The van der Waals surface area contributed by atoms with Crippen LogP contribution < -0.4 is 4.90 Å². The van der Waals surface area contributed by atoms with Gasteiger partial charge in [0.15, 0.2) is 0 Å². The normalized spacial score (nSPS) is 18.3. The molecular weight excluding hydrogens is 312 g/mol. The predicted octanol–water partition coefficient (Wildman–Crippen LogP) is 3.53. The van der Waals surface area contributed by atoms with E-state index in [1.54, 1.807) is 6.33 Å². The van der Waals surface area contributed by atoms with Crippen molar-refractivity contribution in [2.45, 2.75) is 25.7 Å². The summed E-state index contributed by atoms with van der Waals surface area (Å²) < 4.78 is 0. The lowest BCUT2D eigenvalue weighted by Gasteiger charge is -2.32. The number of anilines is 1. The Morgan fingerprint density at radius 3 is 3.08 bits per heavy atom. The number of imidazole rings is 1. The number of para-hydroxylation sites is 1. The van der Waals surface area contributed by atoms with Crippen molar-refractivity contribution in [3.63, 3.8) is 0 Å². The standard InChI is InChI=1S/C19H20N6/c1-12-4-2-6-15-16(12)24-17(23-15)13-5-3-9-25(10-13)19-14-7-8-20-18(14)21-11-22-19/h2,4,6-8,11,13H,3,5,9-10H2,1H3,(H,23,24)(H,20,21,22). The second-order valence-corrected chi connectivity index (χ2v) is 6.82. The number of H-pyrrole nitrogens is 2. The number of benzene rings is 1. The largest absolute Gasteiger partial charge is 0.355 e. The molecule has 1 aliphatic heterocycles. The molecule has 25 heavy (non-hydrogen) atoms. The van der Waals surface area contributed by atoms with Crippen LogP contribution in [-0.4, -0.2) is 38.0 Å². The third-order valence-corrected chi connectivity index (χ3v) is 5.17. The maximum atomic E-state index is 4.90. The number of hydrogen-bond donors (Lipinski definition) is 2. The lowest BCUT2D eigenvalue weighted by molar-refractivity contribution is 0.493. The summed E-state index contributed by atoms with van der Waals surface area (Å²) >= 11 is 0. The van der Waals surface area contributed by atoms with Crippen LogP contribution in [0.4, 0.5) is 5.82 Å². The van der Waals surface area contributed by atoms with Gasteiger partial charge in [-0.25, -0.2) is 15.0 Å². The first-order valence-corrected chi connectivity index (χ1v) is 8.78. The van der Waals surface area contributed by atoms with Gasteiger partial charge in [0.25, 0.3) is 0 Å². The van der Waals surface area contributed by atoms with Crippen LogP contribution in [0, 0.1) is 6.92 Å². The molecule has 1 fully saturated rings. The maximum Gasteiger partial charge on any atom is 0.142 e. The number of hydrogen-bond acceptors (Lipinski definition) is 4. The fourth-order valence-electron chi connectivity index (χ4n) is 3.89. The van der Waals surface area contributed by atoms with Gasteiger partial charge in [-0.05, 0) is 37.5 Å². The number of aromatic nitrogens is 5. The SMILES string of the molecule is Cc1cccc2[nH]c(C3CCCN(c4ncnc5[nH]ccc45)C3)nc12. The molecule has 1 saturated heterocycles. The number of nitrogens with one attached hydrogen (secondary N) is 2. The first kappa shape index (κ1) is 14.5. The summed E-state index contributed by atoms with van der Waals surface area (Å²) in [5.41, 5.74) is 4.33. The van der Waals surface area contributed by atoms with Crippen LogP contribution in [-0.2, 0) is 0 Å². The molecule has 4 heterocycles.